The van der Waals surface area contributed by atoms with Gasteiger partial charge in [-0.3, -0.25) is 4.79 Å². The molecule has 0 spiro atoms. The van der Waals surface area contributed by atoms with Crippen LogP contribution in [0.15, 0.2) is 91.6 Å². The minimum absolute atomic E-state index is 0.235. The molecule has 5 rings (SSSR count). The molecule has 168 valence electrons. The molecular formula is C25H16BrN3O5. The molecule has 0 amide bonds. The van der Waals surface area contributed by atoms with E-state index in [1.54, 1.807) is 48.5 Å². The predicted molar refractivity (Wildman–Crippen MR) is 131 cm³/mol. The van der Waals surface area contributed by atoms with Crippen molar-refractivity contribution in [3.05, 3.63) is 93.2 Å². The maximum Gasteiger partial charge on any atom is 0.341 e. The summed E-state index contributed by atoms with van der Waals surface area (Å²) >= 11 is 3.39. The van der Waals surface area contributed by atoms with Crippen LogP contribution in [0.3, 0.4) is 0 Å². The van der Waals surface area contributed by atoms with Crippen molar-refractivity contribution in [2.45, 2.75) is 0 Å². The molecule has 1 N–H and O–H groups in total. The van der Waals surface area contributed by atoms with Crippen molar-refractivity contribution in [3.63, 3.8) is 0 Å². The zero-order chi connectivity index (χ0) is 23.7. The second-order valence-corrected chi connectivity index (χ2v) is 8.24. The van der Waals surface area contributed by atoms with Gasteiger partial charge in [-0.15, -0.1) is 0 Å². The van der Waals surface area contributed by atoms with Gasteiger partial charge in [-0.2, -0.15) is 9.78 Å². The van der Waals surface area contributed by atoms with Gasteiger partial charge in [0.1, 0.15) is 11.3 Å². The van der Waals surface area contributed by atoms with Crippen molar-refractivity contribution in [1.82, 2.24) is 9.66 Å². The number of hydrogen-bond donors (Lipinski definition) is 1. The van der Waals surface area contributed by atoms with Crippen LogP contribution in [0, 0.1) is 0 Å². The van der Waals surface area contributed by atoms with Gasteiger partial charge in [0, 0.05) is 15.4 Å². The molecule has 0 atom stereocenters. The molecule has 0 saturated heterocycles. The zero-order valence-electron chi connectivity index (χ0n) is 17.5. The lowest BCUT2D eigenvalue weighted by atomic mass is 10.2. The lowest BCUT2D eigenvalue weighted by Gasteiger charge is -2.09. The summed E-state index contributed by atoms with van der Waals surface area (Å²) in [6.07, 6.45) is 1.42. The fourth-order valence-electron chi connectivity index (χ4n) is 3.49. The first-order valence-electron chi connectivity index (χ1n) is 10.2. The van der Waals surface area contributed by atoms with Crippen molar-refractivity contribution in [1.29, 1.82) is 0 Å². The molecule has 2 heterocycles. The third-order valence-electron chi connectivity index (χ3n) is 5.03. The maximum atomic E-state index is 13.4. The molecule has 9 heteroatoms. The minimum atomic E-state index is -1.10. The van der Waals surface area contributed by atoms with Crippen molar-refractivity contribution in [2.75, 3.05) is 6.61 Å². The Morgan fingerprint density at radius 2 is 1.91 bits per heavy atom. The highest BCUT2D eigenvalue weighted by molar-refractivity contribution is 9.10. The van der Waals surface area contributed by atoms with Crippen LogP contribution in [0.1, 0.15) is 5.56 Å². The van der Waals surface area contributed by atoms with Crippen LogP contribution in [0.5, 0.6) is 5.75 Å². The van der Waals surface area contributed by atoms with Crippen LogP contribution in [0.4, 0.5) is 0 Å². The second kappa shape index (κ2) is 8.95. The number of aromatic nitrogens is 2. The van der Waals surface area contributed by atoms with E-state index >= 15 is 0 Å². The fraction of sp³-hybridized carbons (Fsp3) is 0.0400. The highest BCUT2D eigenvalue weighted by atomic mass is 79.9. The van der Waals surface area contributed by atoms with E-state index in [0.717, 1.165) is 9.86 Å². The number of carboxylic acids is 1. The molecule has 0 radical (unpaired) electrons. The van der Waals surface area contributed by atoms with Gasteiger partial charge in [0.15, 0.2) is 12.4 Å². The van der Waals surface area contributed by atoms with E-state index in [-0.39, 0.29) is 11.4 Å². The molecule has 0 aliphatic carbocycles. The van der Waals surface area contributed by atoms with E-state index < -0.39 is 12.6 Å². The smallest absolute Gasteiger partial charge is 0.341 e. The summed E-state index contributed by atoms with van der Waals surface area (Å²) in [5.74, 6) is -0.175. The van der Waals surface area contributed by atoms with Gasteiger partial charge in [0.05, 0.1) is 17.1 Å². The Morgan fingerprint density at radius 1 is 1.12 bits per heavy atom. The van der Waals surface area contributed by atoms with E-state index in [1.807, 2.05) is 24.3 Å². The van der Waals surface area contributed by atoms with Crippen molar-refractivity contribution in [2.24, 2.45) is 5.10 Å². The summed E-state index contributed by atoms with van der Waals surface area (Å²) < 4.78 is 13.2. The zero-order valence-corrected chi connectivity index (χ0v) is 19.1. The maximum absolute atomic E-state index is 13.4. The number of para-hydroxylation sites is 2. The number of hydrogen-bond acceptors (Lipinski definition) is 6. The van der Waals surface area contributed by atoms with Gasteiger partial charge in [-0.05, 0) is 42.5 Å². The topological polar surface area (TPSA) is 107 Å². The molecule has 0 bridgehead atoms. The summed E-state index contributed by atoms with van der Waals surface area (Å²) in [6, 6.07) is 21.3. The number of carboxylic acid groups (broad SMARTS) is 1. The summed E-state index contributed by atoms with van der Waals surface area (Å²) in [5, 5.41) is 14.6. The van der Waals surface area contributed by atoms with Crippen LogP contribution < -0.4 is 10.3 Å². The van der Waals surface area contributed by atoms with E-state index in [2.05, 4.69) is 26.0 Å². The van der Waals surface area contributed by atoms with Gasteiger partial charge in [0.2, 0.25) is 5.82 Å². The number of aliphatic carboxylic acids is 1. The Hall–Kier alpha value is -4.24. The lowest BCUT2D eigenvalue weighted by Crippen LogP contribution is -2.20. The highest BCUT2D eigenvalue weighted by Crippen LogP contribution is 2.27. The van der Waals surface area contributed by atoms with Crippen LogP contribution in [0.2, 0.25) is 0 Å². The van der Waals surface area contributed by atoms with Gasteiger partial charge in [-0.1, -0.05) is 46.3 Å². The number of furan rings is 1. The summed E-state index contributed by atoms with van der Waals surface area (Å²) in [4.78, 5) is 29.0. The highest BCUT2D eigenvalue weighted by Gasteiger charge is 2.16. The Balaban J connectivity index is 1.68. The van der Waals surface area contributed by atoms with Gasteiger partial charge in [-0.25, -0.2) is 9.78 Å². The second-order valence-electron chi connectivity index (χ2n) is 7.33. The molecule has 5 aromatic rings. The van der Waals surface area contributed by atoms with E-state index in [9.17, 15) is 9.59 Å². The van der Waals surface area contributed by atoms with Crippen LogP contribution in [-0.2, 0) is 4.79 Å². The number of nitrogens with zero attached hydrogens (tertiary/aromatic N) is 3. The summed E-state index contributed by atoms with van der Waals surface area (Å²) in [6.45, 7) is -0.510. The molecular weight excluding hydrogens is 502 g/mol. The Kier molecular flexibility index (Phi) is 5.69. The Morgan fingerprint density at radius 3 is 2.74 bits per heavy atom. The third kappa shape index (κ3) is 4.20. The predicted octanol–water partition coefficient (Wildman–Crippen LogP) is 4.92. The van der Waals surface area contributed by atoms with Crippen molar-refractivity contribution < 1.29 is 19.1 Å². The number of rotatable bonds is 6. The number of halogens is 1. The molecule has 0 unspecified atom stereocenters. The number of ether oxygens (including phenoxy) is 1. The van der Waals surface area contributed by atoms with E-state index in [1.165, 1.54) is 10.9 Å². The molecule has 3 aromatic carbocycles. The first-order valence-corrected chi connectivity index (χ1v) is 11.0. The van der Waals surface area contributed by atoms with Crippen LogP contribution in [0.25, 0.3) is 33.5 Å². The SMILES string of the molecule is O=C(O)COc1ccc(Br)cc1C=Nn1c(-c2cc3ccccc3o2)nc2ccccc2c1=O. The number of benzene rings is 3. The van der Waals surface area contributed by atoms with E-state index in [4.69, 9.17) is 14.3 Å². The molecule has 2 aromatic heterocycles. The monoisotopic (exact) mass is 517 g/mol. The first kappa shape index (κ1) is 21.6. The largest absolute Gasteiger partial charge is 0.481 e. The summed E-state index contributed by atoms with van der Waals surface area (Å²) in [5.41, 5.74) is 1.28. The minimum Gasteiger partial charge on any atom is -0.481 e. The molecule has 8 nitrogen and oxygen atoms in total. The molecule has 0 aliphatic heterocycles. The van der Waals surface area contributed by atoms with Crippen molar-refractivity contribution >= 4 is 50.0 Å². The summed E-state index contributed by atoms with van der Waals surface area (Å²) in [7, 11) is 0. The third-order valence-corrected chi connectivity index (χ3v) is 5.53. The standard InChI is InChI=1S/C25H16BrN3O5/c26-17-9-10-20(33-14-23(30)31)16(11-17)13-27-29-24(22-12-15-5-1-4-8-21(15)34-22)28-19-7-3-2-6-18(19)25(29)32/h1-13H,14H2,(H,30,31). The van der Waals surface area contributed by atoms with Crippen LogP contribution in [-0.4, -0.2) is 33.6 Å². The fourth-order valence-corrected chi connectivity index (χ4v) is 3.87. The average molecular weight is 518 g/mol. The number of carbonyl (C=O) groups is 1. The quantitative estimate of drug-likeness (QED) is 0.320. The van der Waals surface area contributed by atoms with Gasteiger partial charge in [0.25, 0.3) is 5.56 Å². The van der Waals surface area contributed by atoms with E-state index in [0.29, 0.717) is 33.6 Å². The Bertz CT molecular complexity index is 1600. The molecule has 34 heavy (non-hydrogen) atoms. The number of fused-ring (bicyclic) bond motifs is 2. The van der Waals surface area contributed by atoms with Crippen molar-refractivity contribution in [3.8, 4) is 17.3 Å². The average Bonchev–Trinajstić information content (AvgIpc) is 3.27. The molecule has 0 aliphatic rings. The normalized spacial score (nSPS) is 11.4. The molecule has 0 saturated carbocycles. The van der Waals surface area contributed by atoms with Crippen LogP contribution >= 0.6 is 15.9 Å². The molecule has 0 fully saturated rings. The Labute approximate surface area is 200 Å². The lowest BCUT2D eigenvalue weighted by molar-refractivity contribution is -0.139. The first-order chi connectivity index (χ1) is 16.5. The van der Waals surface area contributed by atoms with Gasteiger partial charge >= 0.3 is 5.97 Å². The van der Waals surface area contributed by atoms with Gasteiger partial charge < -0.3 is 14.3 Å².